The van der Waals surface area contributed by atoms with Crippen molar-refractivity contribution in [2.75, 3.05) is 42.9 Å². The van der Waals surface area contributed by atoms with Crippen molar-refractivity contribution >= 4 is 48.9 Å². The van der Waals surface area contributed by atoms with E-state index in [1.54, 1.807) is 12.1 Å². The van der Waals surface area contributed by atoms with E-state index in [1.165, 1.54) is 19.2 Å². The van der Waals surface area contributed by atoms with Crippen LogP contribution >= 0.6 is 27.5 Å². The molecule has 2 aromatic carbocycles. The van der Waals surface area contributed by atoms with Crippen LogP contribution in [0.15, 0.2) is 39.7 Å². The Labute approximate surface area is 170 Å². The zero-order valence-corrected chi connectivity index (χ0v) is 17.6. The van der Waals surface area contributed by atoms with Crippen molar-refractivity contribution in [3.63, 3.8) is 0 Å². The van der Waals surface area contributed by atoms with Crippen LogP contribution in [-0.4, -0.2) is 41.7 Å². The maximum Gasteiger partial charge on any atom is 0.262 e. The molecule has 10 heteroatoms. The molecule has 0 spiro atoms. The van der Waals surface area contributed by atoms with Crippen molar-refractivity contribution in [2.45, 2.75) is 4.90 Å². The molecule has 2 N–H and O–H groups in total. The number of nitrogens with one attached hydrogen (secondary N) is 2. The van der Waals surface area contributed by atoms with Crippen LogP contribution in [0.25, 0.3) is 0 Å². The number of nitrogens with zero attached hydrogens (tertiary/aromatic N) is 1. The number of benzene rings is 2. The highest BCUT2D eigenvalue weighted by molar-refractivity contribution is 9.10. The van der Waals surface area contributed by atoms with Gasteiger partial charge < -0.3 is 15.0 Å². The lowest BCUT2D eigenvalue weighted by atomic mass is 10.2. The lowest BCUT2D eigenvalue weighted by Gasteiger charge is -2.30. The molecule has 0 aliphatic carbocycles. The number of hydrogen-bond donors (Lipinski definition) is 2. The van der Waals surface area contributed by atoms with Gasteiger partial charge in [-0.2, -0.15) is 0 Å². The summed E-state index contributed by atoms with van der Waals surface area (Å²) in [5.41, 5.74) is 0.650. The van der Waals surface area contributed by atoms with Crippen molar-refractivity contribution in [3.05, 3.63) is 45.6 Å². The van der Waals surface area contributed by atoms with Crippen LogP contribution in [-0.2, 0) is 10.0 Å². The second-order valence-corrected chi connectivity index (χ2v) is 8.90. The molecule has 3 rings (SSSR count). The van der Waals surface area contributed by atoms with Crippen molar-refractivity contribution in [3.8, 4) is 5.75 Å². The molecule has 0 unspecified atom stereocenters. The topological polar surface area (TPSA) is 70.7 Å². The van der Waals surface area contributed by atoms with Crippen molar-refractivity contribution < 1.29 is 17.5 Å². The van der Waals surface area contributed by atoms with Gasteiger partial charge in [-0.15, -0.1) is 0 Å². The Morgan fingerprint density at radius 3 is 2.63 bits per heavy atom. The highest BCUT2D eigenvalue weighted by Gasteiger charge is 2.22. The molecular formula is C17H18BrClFN3O3S. The lowest BCUT2D eigenvalue weighted by Crippen LogP contribution is -2.43. The monoisotopic (exact) mass is 477 g/mol. The first-order chi connectivity index (χ1) is 12.8. The number of halogens is 3. The standard InChI is InChI=1S/C17H18BrClFN3O3S/c1-26-16-3-2-12(10-15(16)23-6-4-21-5-7-23)27(24,25)22-14-9-11(18)8-13(20)17(14)19/h2-3,8-10,21-22H,4-7H2,1H3. The molecule has 0 aromatic heterocycles. The number of sulfonamides is 1. The fourth-order valence-electron chi connectivity index (χ4n) is 2.82. The normalized spacial score (nSPS) is 14.9. The van der Waals surface area contributed by atoms with Crippen molar-refractivity contribution in [2.24, 2.45) is 0 Å². The van der Waals surface area contributed by atoms with Gasteiger partial charge in [0.15, 0.2) is 0 Å². The summed E-state index contributed by atoms with van der Waals surface area (Å²) in [6.07, 6.45) is 0. The Balaban J connectivity index is 1.97. The van der Waals surface area contributed by atoms with E-state index in [2.05, 4.69) is 30.9 Å². The summed E-state index contributed by atoms with van der Waals surface area (Å²) in [7, 11) is -2.44. The predicted molar refractivity (Wildman–Crippen MR) is 108 cm³/mol. The minimum Gasteiger partial charge on any atom is -0.495 e. The Hall–Kier alpha value is -1.55. The molecule has 0 atom stereocenters. The van der Waals surface area contributed by atoms with E-state index in [0.717, 1.165) is 32.2 Å². The minimum absolute atomic E-state index is 0.0354. The van der Waals surface area contributed by atoms with E-state index >= 15 is 0 Å². The maximum absolute atomic E-state index is 13.8. The third kappa shape index (κ3) is 4.48. The number of hydrogen-bond acceptors (Lipinski definition) is 5. The Bertz CT molecular complexity index is 953. The highest BCUT2D eigenvalue weighted by atomic mass is 79.9. The molecule has 146 valence electrons. The van der Waals surface area contributed by atoms with Gasteiger partial charge in [0.1, 0.15) is 16.6 Å². The zero-order chi connectivity index (χ0) is 19.6. The molecule has 0 amide bonds. The van der Waals surface area contributed by atoms with Crippen LogP contribution in [0.3, 0.4) is 0 Å². The van der Waals surface area contributed by atoms with Crippen molar-refractivity contribution in [1.82, 2.24) is 5.32 Å². The molecular weight excluding hydrogens is 461 g/mol. The molecule has 0 bridgehead atoms. The van der Waals surface area contributed by atoms with Crippen LogP contribution < -0.4 is 19.7 Å². The fourth-order valence-corrected chi connectivity index (χ4v) is 4.55. The van der Waals surface area contributed by atoms with Gasteiger partial charge in [0.2, 0.25) is 0 Å². The summed E-state index contributed by atoms with van der Waals surface area (Å²) in [4.78, 5) is 2.09. The number of ether oxygens (including phenoxy) is 1. The average Bonchev–Trinajstić information content (AvgIpc) is 2.65. The largest absolute Gasteiger partial charge is 0.495 e. The summed E-state index contributed by atoms with van der Waals surface area (Å²) in [6, 6.07) is 7.17. The van der Waals surface area contributed by atoms with E-state index in [-0.39, 0.29) is 15.6 Å². The fraction of sp³-hybridized carbons (Fsp3) is 0.294. The number of rotatable bonds is 5. The van der Waals surface area contributed by atoms with E-state index in [0.29, 0.717) is 15.9 Å². The molecule has 6 nitrogen and oxygen atoms in total. The first-order valence-electron chi connectivity index (χ1n) is 8.13. The molecule has 1 aliphatic heterocycles. The van der Waals surface area contributed by atoms with Crippen LogP contribution in [0, 0.1) is 5.82 Å². The molecule has 0 radical (unpaired) electrons. The molecule has 1 aliphatic rings. The lowest BCUT2D eigenvalue weighted by molar-refractivity contribution is 0.412. The summed E-state index contributed by atoms with van der Waals surface area (Å²) in [5.74, 6) is -0.137. The molecule has 2 aromatic rings. The van der Waals surface area contributed by atoms with Gasteiger partial charge in [-0.3, -0.25) is 4.72 Å². The average molecular weight is 479 g/mol. The zero-order valence-electron chi connectivity index (χ0n) is 14.4. The van der Waals surface area contributed by atoms with E-state index in [9.17, 15) is 12.8 Å². The maximum atomic E-state index is 13.8. The van der Waals surface area contributed by atoms with E-state index in [1.807, 2.05) is 0 Å². The Morgan fingerprint density at radius 2 is 1.96 bits per heavy atom. The predicted octanol–water partition coefficient (Wildman–Crippen LogP) is 3.46. The van der Waals surface area contributed by atoms with Gasteiger partial charge in [0.25, 0.3) is 10.0 Å². The van der Waals surface area contributed by atoms with Gasteiger partial charge in [0.05, 0.1) is 23.4 Å². The van der Waals surface area contributed by atoms with Gasteiger partial charge >= 0.3 is 0 Å². The van der Waals surface area contributed by atoms with E-state index < -0.39 is 15.8 Å². The van der Waals surface area contributed by atoms with Gasteiger partial charge in [-0.05, 0) is 30.3 Å². The third-order valence-corrected chi connectivity index (χ3v) is 6.36. The minimum atomic E-state index is -3.98. The molecule has 0 saturated carbocycles. The van der Waals surface area contributed by atoms with E-state index in [4.69, 9.17) is 16.3 Å². The first-order valence-corrected chi connectivity index (χ1v) is 10.8. The SMILES string of the molecule is COc1ccc(S(=O)(=O)Nc2cc(Br)cc(F)c2Cl)cc1N1CCNCC1. The number of piperazine rings is 1. The van der Waals surface area contributed by atoms with Gasteiger partial charge in [0, 0.05) is 30.7 Å². The summed E-state index contributed by atoms with van der Waals surface area (Å²) in [5, 5.41) is 2.95. The van der Waals surface area contributed by atoms with Gasteiger partial charge in [-0.25, -0.2) is 12.8 Å². The molecule has 1 saturated heterocycles. The Kier molecular flexibility index (Phi) is 6.15. The van der Waals surface area contributed by atoms with Crippen LogP contribution in [0.5, 0.6) is 5.75 Å². The Morgan fingerprint density at radius 1 is 1.26 bits per heavy atom. The second-order valence-electron chi connectivity index (χ2n) is 5.93. The number of anilines is 2. The molecule has 1 fully saturated rings. The second kappa shape index (κ2) is 8.22. The van der Waals surface area contributed by atoms with Crippen LogP contribution in [0.2, 0.25) is 5.02 Å². The summed E-state index contributed by atoms with van der Waals surface area (Å²) >= 11 is 9.03. The highest BCUT2D eigenvalue weighted by Crippen LogP contribution is 2.34. The molecule has 27 heavy (non-hydrogen) atoms. The number of methoxy groups -OCH3 is 1. The first kappa shape index (κ1) is 20.2. The summed E-state index contributed by atoms with van der Waals surface area (Å²) in [6.45, 7) is 3.06. The van der Waals surface area contributed by atoms with Crippen molar-refractivity contribution in [1.29, 1.82) is 0 Å². The van der Waals surface area contributed by atoms with Crippen LogP contribution in [0.4, 0.5) is 15.8 Å². The summed E-state index contributed by atoms with van der Waals surface area (Å²) < 4.78 is 47.6. The van der Waals surface area contributed by atoms with Crippen LogP contribution in [0.1, 0.15) is 0 Å². The third-order valence-electron chi connectivity index (χ3n) is 4.16. The molecule has 1 heterocycles. The van der Waals surface area contributed by atoms with Gasteiger partial charge in [-0.1, -0.05) is 27.5 Å². The quantitative estimate of drug-likeness (QED) is 0.644. The smallest absolute Gasteiger partial charge is 0.262 e.